The number of benzene rings is 2. The highest BCUT2D eigenvalue weighted by atomic mass is 32.1. The molecule has 0 fully saturated rings. The second-order valence-corrected chi connectivity index (χ2v) is 10.9. The lowest BCUT2D eigenvalue weighted by molar-refractivity contribution is -0.143. The molecule has 5 rings (SSSR count). The van der Waals surface area contributed by atoms with Crippen LogP contribution in [0.4, 0.5) is 11.5 Å². The zero-order chi connectivity index (χ0) is 31.2. The highest BCUT2D eigenvalue weighted by Crippen LogP contribution is 2.41. The molecule has 0 saturated carbocycles. The first-order valence-corrected chi connectivity index (χ1v) is 15.0. The van der Waals surface area contributed by atoms with Crippen LogP contribution in [0.25, 0.3) is 38.2 Å². The number of thiophene rings is 1. The highest BCUT2D eigenvalue weighted by molar-refractivity contribution is 7.18. The standard InChI is InChI=1S/C33H33N5O5S/c1-4-43-29(40)10-7-15-35-28(39)14-12-22-18-36-32(34)30-23(19-44-31(22)30)20-11-13-24(27(17-20)42-3)37-33(41)26-16-21-8-5-6-9-25(21)38(26)2/h5-6,8-9,11-14,16-19H,4,7,10,15H2,1-3H3,(H2,34,36)(H,35,39)(H,37,41). The molecule has 2 aromatic carbocycles. The summed E-state index contributed by atoms with van der Waals surface area (Å²) in [4.78, 5) is 41.4. The van der Waals surface area contributed by atoms with Gasteiger partial charge in [-0.25, -0.2) is 4.98 Å². The third-order valence-corrected chi connectivity index (χ3v) is 8.20. The number of carbonyl (C=O) groups excluding carboxylic acids is 3. The Hall–Kier alpha value is -5.16. The first-order chi connectivity index (χ1) is 21.3. The summed E-state index contributed by atoms with van der Waals surface area (Å²) in [5.41, 5.74) is 10.8. The first-order valence-electron chi connectivity index (χ1n) is 14.1. The molecule has 10 nitrogen and oxygen atoms in total. The number of nitrogens with zero attached hydrogens (tertiary/aromatic N) is 2. The number of hydrogen-bond acceptors (Lipinski definition) is 8. The van der Waals surface area contributed by atoms with Crippen molar-refractivity contribution >= 4 is 67.7 Å². The molecule has 11 heteroatoms. The van der Waals surface area contributed by atoms with Crippen molar-refractivity contribution in [3.8, 4) is 16.9 Å². The van der Waals surface area contributed by atoms with Gasteiger partial charge >= 0.3 is 5.97 Å². The van der Waals surface area contributed by atoms with Crippen LogP contribution in [-0.4, -0.2) is 47.6 Å². The minimum atomic E-state index is -0.279. The number of aromatic nitrogens is 2. The largest absolute Gasteiger partial charge is 0.495 e. The van der Waals surface area contributed by atoms with Gasteiger partial charge in [-0.2, -0.15) is 0 Å². The maximum atomic E-state index is 13.2. The Morgan fingerprint density at radius 1 is 1.14 bits per heavy atom. The monoisotopic (exact) mass is 611 g/mol. The van der Waals surface area contributed by atoms with Gasteiger partial charge in [0, 0.05) is 64.4 Å². The lowest BCUT2D eigenvalue weighted by atomic mass is 10.0. The van der Waals surface area contributed by atoms with E-state index < -0.39 is 0 Å². The third kappa shape index (κ3) is 6.42. The van der Waals surface area contributed by atoms with Gasteiger partial charge in [0.05, 0.1) is 19.4 Å². The summed E-state index contributed by atoms with van der Waals surface area (Å²) in [5, 5.41) is 9.48. The zero-order valence-corrected chi connectivity index (χ0v) is 25.5. The van der Waals surface area contributed by atoms with Crippen LogP contribution in [0, 0.1) is 0 Å². The summed E-state index contributed by atoms with van der Waals surface area (Å²) >= 11 is 1.49. The van der Waals surface area contributed by atoms with Gasteiger partial charge in [0.15, 0.2) is 0 Å². The fourth-order valence-corrected chi connectivity index (χ4v) is 6.05. The molecular weight excluding hydrogens is 578 g/mol. The SMILES string of the molecule is CCOC(=O)CCCNC(=O)C=Cc1cnc(N)c2c(-c3ccc(NC(=O)c4cc5ccccc5n4C)c(OC)c3)csc12. The number of aryl methyl sites for hydroxylation is 1. The fraction of sp³-hybridized carbons (Fsp3) is 0.212. The molecule has 4 N–H and O–H groups in total. The topological polar surface area (TPSA) is 138 Å². The number of hydrogen-bond donors (Lipinski definition) is 3. The number of rotatable bonds is 11. The molecule has 0 aliphatic carbocycles. The maximum Gasteiger partial charge on any atom is 0.305 e. The van der Waals surface area contributed by atoms with Gasteiger partial charge in [-0.3, -0.25) is 14.4 Å². The van der Waals surface area contributed by atoms with E-state index in [0.29, 0.717) is 42.5 Å². The van der Waals surface area contributed by atoms with Crippen LogP contribution >= 0.6 is 11.3 Å². The Kier molecular flexibility index (Phi) is 9.25. The van der Waals surface area contributed by atoms with Crippen molar-refractivity contribution in [3.05, 3.63) is 77.4 Å². The van der Waals surface area contributed by atoms with Crippen molar-refractivity contribution in [1.29, 1.82) is 0 Å². The number of nitrogens with two attached hydrogens (primary N) is 1. The number of ether oxygens (including phenoxy) is 2. The lowest BCUT2D eigenvalue weighted by Crippen LogP contribution is -2.22. The molecular formula is C33H33N5O5S. The summed E-state index contributed by atoms with van der Waals surface area (Å²) in [7, 11) is 3.42. The quantitative estimate of drug-likeness (QED) is 0.0979. The molecule has 44 heavy (non-hydrogen) atoms. The second-order valence-electron chi connectivity index (χ2n) is 10.0. The predicted molar refractivity (Wildman–Crippen MR) is 175 cm³/mol. The molecule has 3 aromatic heterocycles. The van der Waals surface area contributed by atoms with Crippen molar-refractivity contribution < 1.29 is 23.9 Å². The van der Waals surface area contributed by atoms with Crippen molar-refractivity contribution in [3.63, 3.8) is 0 Å². The molecule has 5 aromatic rings. The number of pyridine rings is 1. The van der Waals surface area contributed by atoms with E-state index in [1.807, 2.05) is 59.5 Å². The Bertz CT molecular complexity index is 1890. The average Bonchev–Trinajstić information content (AvgIpc) is 3.62. The molecule has 0 aliphatic rings. The maximum absolute atomic E-state index is 13.2. The summed E-state index contributed by atoms with van der Waals surface area (Å²) < 4.78 is 13.3. The normalized spacial score (nSPS) is 11.2. The van der Waals surface area contributed by atoms with Crippen molar-refractivity contribution in [2.75, 3.05) is 31.3 Å². The van der Waals surface area contributed by atoms with E-state index in [1.165, 1.54) is 17.4 Å². The zero-order valence-electron chi connectivity index (χ0n) is 24.7. The minimum Gasteiger partial charge on any atom is -0.495 e. The number of nitrogens with one attached hydrogen (secondary N) is 2. The molecule has 0 aliphatic heterocycles. The first kappa shape index (κ1) is 30.3. The molecule has 0 saturated heterocycles. The predicted octanol–water partition coefficient (Wildman–Crippen LogP) is 5.77. The van der Waals surface area contributed by atoms with Crippen LogP contribution in [0.1, 0.15) is 35.8 Å². The van der Waals surface area contributed by atoms with Crippen molar-refractivity contribution in [2.24, 2.45) is 7.05 Å². The van der Waals surface area contributed by atoms with Gasteiger partial charge in [0.2, 0.25) is 5.91 Å². The number of esters is 1. The van der Waals surface area contributed by atoms with E-state index in [9.17, 15) is 14.4 Å². The average molecular weight is 612 g/mol. The molecule has 0 spiro atoms. The van der Waals surface area contributed by atoms with E-state index >= 15 is 0 Å². The lowest BCUT2D eigenvalue weighted by Gasteiger charge is -2.13. The molecule has 3 heterocycles. The van der Waals surface area contributed by atoms with Gasteiger partial charge in [-0.05, 0) is 54.6 Å². The molecule has 0 radical (unpaired) electrons. The van der Waals surface area contributed by atoms with Gasteiger partial charge in [-0.15, -0.1) is 11.3 Å². The Morgan fingerprint density at radius 2 is 1.95 bits per heavy atom. The smallest absolute Gasteiger partial charge is 0.305 e. The highest BCUT2D eigenvalue weighted by Gasteiger charge is 2.18. The van der Waals surface area contributed by atoms with Gasteiger partial charge < -0.3 is 30.4 Å². The number of para-hydroxylation sites is 1. The number of fused-ring (bicyclic) bond motifs is 2. The summed E-state index contributed by atoms with van der Waals surface area (Å²) in [5.74, 6) is 0.0595. The molecule has 0 unspecified atom stereocenters. The van der Waals surface area contributed by atoms with Crippen LogP contribution in [0.3, 0.4) is 0 Å². The molecule has 0 atom stereocenters. The summed E-state index contributed by atoms with van der Waals surface area (Å²) in [6.45, 7) is 2.46. The van der Waals surface area contributed by atoms with E-state index in [4.69, 9.17) is 15.2 Å². The van der Waals surface area contributed by atoms with Crippen molar-refractivity contribution in [2.45, 2.75) is 19.8 Å². The Morgan fingerprint density at radius 3 is 2.73 bits per heavy atom. The van der Waals surface area contributed by atoms with E-state index in [-0.39, 0.29) is 24.2 Å². The Labute approximate surface area is 258 Å². The minimum absolute atomic E-state index is 0.247. The van der Waals surface area contributed by atoms with Gasteiger partial charge in [0.25, 0.3) is 5.91 Å². The van der Waals surface area contributed by atoms with Crippen LogP contribution in [0.2, 0.25) is 0 Å². The van der Waals surface area contributed by atoms with Gasteiger partial charge in [-0.1, -0.05) is 24.3 Å². The van der Waals surface area contributed by atoms with Crippen LogP contribution in [-0.2, 0) is 21.4 Å². The third-order valence-electron chi connectivity index (χ3n) is 7.17. The number of methoxy groups -OCH3 is 1. The van der Waals surface area contributed by atoms with E-state index in [0.717, 1.165) is 37.7 Å². The van der Waals surface area contributed by atoms with Crippen LogP contribution in [0.15, 0.2) is 66.2 Å². The van der Waals surface area contributed by atoms with E-state index in [2.05, 4.69) is 15.6 Å². The molecule has 0 bridgehead atoms. The molecule has 226 valence electrons. The number of anilines is 2. The molecule has 2 amide bonds. The number of amides is 2. The Balaban J connectivity index is 1.33. The van der Waals surface area contributed by atoms with Crippen LogP contribution < -0.4 is 21.1 Å². The van der Waals surface area contributed by atoms with Crippen molar-refractivity contribution in [1.82, 2.24) is 14.9 Å². The second kappa shape index (κ2) is 13.4. The van der Waals surface area contributed by atoms with E-state index in [1.54, 1.807) is 32.4 Å². The summed E-state index contributed by atoms with van der Waals surface area (Å²) in [6.07, 6.45) is 5.51. The van der Waals surface area contributed by atoms with Crippen LogP contribution in [0.5, 0.6) is 5.75 Å². The van der Waals surface area contributed by atoms with Gasteiger partial charge in [0.1, 0.15) is 17.3 Å². The number of nitrogen functional groups attached to an aromatic ring is 1. The number of carbonyl (C=O) groups is 3. The fourth-order valence-electron chi connectivity index (χ4n) is 4.98. The summed E-state index contributed by atoms with van der Waals surface area (Å²) in [6, 6.07) is 15.2.